The third-order valence-electron chi connectivity index (χ3n) is 6.09. The van der Waals surface area contributed by atoms with Crippen LogP contribution in [0.5, 0.6) is 5.75 Å². The number of rotatable bonds is 9. The number of carbonyl (C=O) groups is 1. The molecule has 1 heterocycles. The van der Waals surface area contributed by atoms with E-state index in [0.717, 1.165) is 28.7 Å². The maximum absolute atomic E-state index is 13.7. The molecule has 1 atom stereocenters. The number of hydrogen-bond acceptors (Lipinski definition) is 5. The van der Waals surface area contributed by atoms with Crippen LogP contribution in [0.3, 0.4) is 0 Å². The Balaban J connectivity index is 1.73. The van der Waals surface area contributed by atoms with Gasteiger partial charge >= 0.3 is 16.2 Å². The van der Waals surface area contributed by atoms with Gasteiger partial charge in [-0.2, -0.15) is 8.42 Å². The Morgan fingerprint density at radius 1 is 1.26 bits per heavy atom. The average molecular weight is 501 g/mol. The van der Waals surface area contributed by atoms with Gasteiger partial charge in [0, 0.05) is 12.6 Å². The number of ether oxygens (including phenoxy) is 1. The van der Waals surface area contributed by atoms with Crippen LogP contribution in [0.1, 0.15) is 52.9 Å². The first kappa shape index (κ1) is 24.4. The molecule has 0 aromatic heterocycles. The van der Waals surface area contributed by atoms with Gasteiger partial charge in [-0.1, -0.05) is 31.2 Å². The van der Waals surface area contributed by atoms with Crippen LogP contribution < -0.4 is 9.04 Å². The van der Waals surface area contributed by atoms with Gasteiger partial charge in [-0.15, -0.1) is 3.71 Å². The lowest BCUT2D eigenvalue weighted by Gasteiger charge is -2.34. The van der Waals surface area contributed by atoms with Crippen LogP contribution in [0.2, 0.25) is 0 Å². The molecule has 0 saturated carbocycles. The quantitative estimate of drug-likeness (QED) is 0.478. The Hall–Kier alpha value is -2.75. The van der Waals surface area contributed by atoms with Crippen molar-refractivity contribution in [2.45, 2.75) is 46.3 Å². The number of fused-ring (bicyclic) bond motifs is 1. The van der Waals surface area contributed by atoms with Gasteiger partial charge in [0.05, 0.1) is 11.3 Å². The molecule has 1 aliphatic heterocycles. The standard InChI is InChI=1S/C25H28N2O5S2/c1-4-18(3)27(34(30,31)26-11-6-12-33-26)23-14-19-7-5-8-20(19)15-24(23)32-16-22-10-9-21(25(28)29)13-17(22)2/h5-6,8-10,12-15,18H,4,7,11,16H2,1-3H3,(H,28,29). The number of carboxylic acid groups (broad SMARTS) is 1. The molecule has 7 nitrogen and oxygen atoms in total. The van der Waals surface area contributed by atoms with Crippen LogP contribution in [0.25, 0.3) is 6.08 Å². The van der Waals surface area contributed by atoms with Gasteiger partial charge in [0.1, 0.15) is 12.4 Å². The van der Waals surface area contributed by atoms with E-state index >= 15 is 0 Å². The van der Waals surface area contributed by atoms with Crippen LogP contribution in [0.4, 0.5) is 5.69 Å². The van der Waals surface area contributed by atoms with Crippen molar-refractivity contribution in [3.63, 3.8) is 0 Å². The summed E-state index contributed by atoms with van der Waals surface area (Å²) in [6.07, 6.45) is 7.27. The van der Waals surface area contributed by atoms with Crippen molar-refractivity contribution in [1.82, 2.24) is 3.71 Å². The molecule has 9 heteroatoms. The molecule has 1 aliphatic carbocycles. The summed E-state index contributed by atoms with van der Waals surface area (Å²) in [4.78, 5) is 11.3. The Bertz CT molecular complexity index is 1260. The van der Waals surface area contributed by atoms with E-state index in [-0.39, 0.29) is 18.2 Å². The fourth-order valence-corrected chi connectivity index (χ4v) is 6.74. The molecule has 2 aliphatic rings. The summed E-state index contributed by atoms with van der Waals surface area (Å²) in [5, 5.41) is 11.0. The summed E-state index contributed by atoms with van der Waals surface area (Å²) < 4.78 is 36.4. The van der Waals surface area contributed by atoms with Gasteiger partial charge in [-0.25, -0.2) is 4.79 Å². The van der Waals surface area contributed by atoms with Crippen molar-refractivity contribution >= 4 is 39.9 Å². The first-order valence-corrected chi connectivity index (χ1v) is 13.4. The number of carboxylic acids is 1. The highest BCUT2D eigenvalue weighted by Gasteiger charge is 2.36. The number of hydrogen-bond donors (Lipinski definition) is 1. The van der Waals surface area contributed by atoms with Gasteiger partial charge in [0.15, 0.2) is 0 Å². The highest BCUT2D eigenvalue weighted by atomic mass is 32.3. The van der Waals surface area contributed by atoms with Crippen molar-refractivity contribution in [2.75, 3.05) is 10.8 Å². The molecule has 0 fully saturated rings. The van der Waals surface area contributed by atoms with E-state index in [4.69, 9.17) is 4.74 Å². The van der Waals surface area contributed by atoms with Gasteiger partial charge in [0.2, 0.25) is 0 Å². The number of allylic oxidation sites excluding steroid dienone is 1. The maximum Gasteiger partial charge on any atom is 0.335 e. The summed E-state index contributed by atoms with van der Waals surface area (Å²) in [5.74, 6) is -0.500. The first-order chi connectivity index (χ1) is 16.2. The molecule has 1 unspecified atom stereocenters. The van der Waals surface area contributed by atoms with E-state index in [1.165, 1.54) is 20.0 Å². The molecule has 4 rings (SSSR count). The number of aryl methyl sites for hydroxylation is 1. The Kier molecular flexibility index (Phi) is 7.06. The van der Waals surface area contributed by atoms with E-state index in [0.29, 0.717) is 24.4 Å². The summed E-state index contributed by atoms with van der Waals surface area (Å²) >= 11 is 1.17. The second kappa shape index (κ2) is 9.85. The van der Waals surface area contributed by atoms with Gasteiger partial charge < -0.3 is 9.84 Å². The van der Waals surface area contributed by atoms with Gasteiger partial charge in [-0.3, -0.25) is 4.31 Å². The van der Waals surface area contributed by atoms with Crippen molar-refractivity contribution in [3.05, 3.63) is 75.7 Å². The molecular weight excluding hydrogens is 472 g/mol. The first-order valence-electron chi connectivity index (χ1n) is 11.1. The lowest BCUT2D eigenvalue weighted by Crippen LogP contribution is -2.45. The molecule has 34 heavy (non-hydrogen) atoms. The Morgan fingerprint density at radius 2 is 2.06 bits per heavy atom. The number of benzene rings is 2. The van der Waals surface area contributed by atoms with E-state index in [2.05, 4.69) is 6.08 Å². The smallest absolute Gasteiger partial charge is 0.335 e. The number of aromatic carboxylic acids is 1. The highest BCUT2D eigenvalue weighted by Crippen LogP contribution is 2.40. The van der Waals surface area contributed by atoms with E-state index < -0.39 is 16.2 Å². The molecule has 1 N–H and O–H groups in total. The monoisotopic (exact) mass is 500 g/mol. The van der Waals surface area contributed by atoms with E-state index in [1.54, 1.807) is 23.6 Å². The Morgan fingerprint density at radius 3 is 2.71 bits per heavy atom. The second-order valence-electron chi connectivity index (χ2n) is 8.38. The van der Waals surface area contributed by atoms with Crippen LogP contribution in [0.15, 0.2) is 47.9 Å². The molecule has 0 spiro atoms. The molecule has 0 radical (unpaired) electrons. The summed E-state index contributed by atoms with van der Waals surface area (Å²) in [5.41, 5.74) is 4.44. The molecule has 180 valence electrons. The summed E-state index contributed by atoms with van der Waals surface area (Å²) in [6, 6.07) is 8.44. The zero-order chi connectivity index (χ0) is 24.5. The minimum Gasteiger partial charge on any atom is -0.487 e. The third-order valence-corrected chi connectivity index (χ3v) is 9.33. The highest BCUT2D eigenvalue weighted by molar-refractivity contribution is 8.10. The van der Waals surface area contributed by atoms with Crippen molar-refractivity contribution in [2.24, 2.45) is 0 Å². The molecule has 2 aromatic rings. The second-order valence-corrected chi connectivity index (χ2v) is 11.3. The van der Waals surface area contributed by atoms with Gasteiger partial charge in [0.25, 0.3) is 0 Å². The Labute approximate surface area is 205 Å². The topological polar surface area (TPSA) is 87.1 Å². The lowest BCUT2D eigenvalue weighted by atomic mass is 10.1. The SMILES string of the molecule is CCC(C)N(c1cc2c(cc1OCc1ccc(C(=O)O)cc1C)C=CC2)S(=O)(=O)N1CC=CS1. The van der Waals surface area contributed by atoms with E-state index in [9.17, 15) is 18.3 Å². The van der Waals surface area contributed by atoms with Crippen LogP contribution in [-0.2, 0) is 23.2 Å². The minimum atomic E-state index is -3.81. The third kappa shape index (κ3) is 4.73. The van der Waals surface area contributed by atoms with Crippen molar-refractivity contribution < 1.29 is 23.1 Å². The zero-order valence-electron chi connectivity index (χ0n) is 19.4. The maximum atomic E-state index is 13.7. The van der Waals surface area contributed by atoms with Crippen LogP contribution in [-0.4, -0.2) is 35.8 Å². The van der Waals surface area contributed by atoms with Crippen molar-refractivity contribution in [1.29, 1.82) is 0 Å². The largest absolute Gasteiger partial charge is 0.487 e. The fourth-order valence-electron chi connectivity index (χ4n) is 3.99. The minimum absolute atomic E-state index is 0.190. The fraction of sp³-hybridized carbons (Fsp3) is 0.320. The molecule has 2 aromatic carbocycles. The van der Waals surface area contributed by atoms with E-state index in [1.807, 2.05) is 45.1 Å². The molecule has 0 saturated heterocycles. The zero-order valence-corrected chi connectivity index (χ0v) is 21.0. The summed E-state index contributed by atoms with van der Waals surface area (Å²) in [6.45, 7) is 6.21. The normalized spacial score (nSPS) is 16.0. The van der Waals surface area contributed by atoms with Crippen LogP contribution >= 0.6 is 11.9 Å². The van der Waals surface area contributed by atoms with Crippen molar-refractivity contribution in [3.8, 4) is 5.75 Å². The average Bonchev–Trinajstić information content (AvgIpc) is 3.50. The van der Waals surface area contributed by atoms with Crippen LogP contribution in [0, 0.1) is 6.92 Å². The molecule has 0 bridgehead atoms. The molecule has 0 amide bonds. The molecular formula is C25H28N2O5S2. The predicted molar refractivity (Wildman–Crippen MR) is 136 cm³/mol. The summed E-state index contributed by atoms with van der Waals surface area (Å²) in [7, 11) is -3.81. The predicted octanol–water partition coefficient (Wildman–Crippen LogP) is 5.17. The van der Waals surface area contributed by atoms with Gasteiger partial charge in [-0.05, 0) is 90.6 Å². The lowest BCUT2D eigenvalue weighted by molar-refractivity contribution is 0.0696. The number of anilines is 1. The number of nitrogens with zero attached hydrogens (tertiary/aromatic N) is 2.